The van der Waals surface area contributed by atoms with Gasteiger partial charge in [0.2, 0.25) is 0 Å². The van der Waals surface area contributed by atoms with Crippen molar-refractivity contribution in [1.29, 1.82) is 0 Å². The Hall–Kier alpha value is -1.07. The first-order chi connectivity index (χ1) is 10.3. The molecule has 0 aromatic heterocycles. The summed E-state index contributed by atoms with van der Waals surface area (Å²) in [6.07, 6.45) is -0.845. The van der Waals surface area contributed by atoms with Gasteiger partial charge in [0, 0.05) is 12.5 Å². The highest BCUT2D eigenvalue weighted by molar-refractivity contribution is 5.28. The van der Waals surface area contributed by atoms with E-state index in [4.69, 9.17) is 0 Å². The molecular weight excluding hydrogens is 291 g/mol. The summed E-state index contributed by atoms with van der Waals surface area (Å²) in [5.74, 6) is 0.181. The summed E-state index contributed by atoms with van der Waals surface area (Å²) in [5, 5.41) is 10.3. The van der Waals surface area contributed by atoms with Crippen molar-refractivity contribution in [3.05, 3.63) is 35.4 Å². The van der Waals surface area contributed by atoms with Crippen molar-refractivity contribution in [1.82, 2.24) is 4.90 Å². The van der Waals surface area contributed by atoms with Crippen LogP contribution in [0.1, 0.15) is 42.7 Å². The maximum Gasteiger partial charge on any atom is 0.416 e. The van der Waals surface area contributed by atoms with Crippen molar-refractivity contribution in [3.8, 4) is 0 Å². The van der Waals surface area contributed by atoms with Crippen LogP contribution in [0, 0.1) is 5.92 Å². The minimum absolute atomic E-state index is 0.0626. The molecule has 2 rings (SSSR count). The molecule has 0 aliphatic heterocycles. The number of halogens is 3. The van der Waals surface area contributed by atoms with Crippen molar-refractivity contribution in [2.45, 2.75) is 43.9 Å². The highest BCUT2D eigenvalue weighted by Gasteiger charge is 2.33. The highest BCUT2D eigenvalue weighted by Crippen LogP contribution is 2.38. The van der Waals surface area contributed by atoms with Gasteiger partial charge in [-0.1, -0.05) is 25.0 Å². The first kappa shape index (κ1) is 17.3. The van der Waals surface area contributed by atoms with Crippen LogP contribution in [0.4, 0.5) is 13.2 Å². The Balaban J connectivity index is 2.25. The fraction of sp³-hybridized carbons (Fsp3) is 0.647. The minimum Gasteiger partial charge on any atom is -0.393 e. The van der Waals surface area contributed by atoms with E-state index in [1.54, 1.807) is 12.1 Å². The van der Waals surface area contributed by atoms with E-state index in [1.807, 2.05) is 19.0 Å². The number of aliphatic hydroxyl groups is 1. The first-order valence-electron chi connectivity index (χ1n) is 7.79. The summed E-state index contributed by atoms with van der Waals surface area (Å²) < 4.78 is 38.1. The maximum absolute atomic E-state index is 12.7. The molecule has 1 fully saturated rings. The third kappa shape index (κ3) is 4.23. The fourth-order valence-electron chi connectivity index (χ4n) is 3.41. The van der Waals surface area contributed by atoms with Gasteiger partial charge in [0.15, 0.2) is 0 Å². The van der Waals surface area contributed by atoms with Gasteiger partial charge in [-0.25, -0.2) is 0 Å². The van der Waals surface area contributed by atoms with Crippen molar-refractivity contribution >= 4 is 0 Å². The average Bonchev–Trinajstić information content (AvgIpc) is 2.45. The van der Waals surface area contributed by atoms with E-state index in [0.29, 0.717) is 0 Å². The molecule has 1 aromatic carbocycles. The normalized spacial score (nSPS) is 24.5. The molecule has 124 valence electrons. The quantitative estimate of drug-likeness (QED) is 0.911. The second-order valence-corrected chi connectivity index (χ2v) is 6.50. The van der Waals surface area contributed by atoms with Crippen LogP contribution in [-0.4, -0.2) is 36.8 Å². The van der Waals surface area contributed by atoms with Crippen LogP contribution in [0.25, 0.3) is 0 Å². The van der Waals surface area contributed by atoms with Crippen molar-refractivity contribution in [2.75, 3.05) is 20.6 Å². The number of benzene rings is 1. The summed E-state index contributed by atoms with van der Waals surface area (Å²) in [5.41, 5.74) is 0.261. The van der Waals surface area contributed by atoms with Crippen LogP contribution >= 0.6 is 0 Å². The monoisotopic (exact) mass is 315 g/mol. The molecule has 0 spiro atoms. The lowest BCUT2D eigenvalue weighted by molar-refractivity contribution is -0.137. The highest BCUT2D eigenvalue weighted by atomic mass is 19.4. The van der Waals surface area contributed by atoms with Gasteiger partial charge in [0.05, 0.1) is 11.7 Å². The molecule has 3 atom stereocenters. The summed E-state index contributed by atoms with van der Waals surface area (Å²) in [6, 6.07) is 5.43. The number of rotatable bonds is 4. The molecular formula is C17H24F3NO. The van der Waals surface area contributed by atoms with Crippen LogP contribution in [0.3, 0.4) is 0 Å². The zero-order chi connectivity index (χ0) is 16.3. The molecule has 1 saturated carbocycles. The van der Waals surface area contributed by atoms with E-state index >= 15 is 0 Å². The summed E-state index contributed by atoms with van der Waals surface area (Å²) in [4.78, 5) is 2.03. The zero-order valence-electron chi connectivity index (χ0n) is 13.1. The zero-order valence-corrected chi connectivity index (χ0v) is 13.1. The second kappa shape index (κ2) is 7.01. The van der Waals surface area contributed by atoms with Gasteiger partial charge in [0.25, 0.3) is 0 Å². The van der Waals surface area contributed by atoms with Crippen LogP contribution in [0.5, 0.6) is 0 Å². The molecule has 0 bridgehead atoms. The summed E-state index contributed by atoms with van der Waals surface area (Å²) >= 11 is 0. The smallest absolute Gasteiger partial charge is 0.393 e. The molecule has 0 heterocycles. The van der Waals surface area contributed by atoms with E-state index in [-0.39, 0.29) is 17.9 Å². The number of hydrogen-bond acceptors (Lipinski definition) is 2. The van der Waals surface area contributed by atoms with E-state index in [2.05, 4.69) is 0 Å². The Kier molecular flexibility index (Phi) is 5.50. The predicted octanol–water partition coefficient (Wildman–Crippen LogP) is 3.90. The topological polar surface area (TPSA) is 23.5 Å². The lowest BCUT2D eigenvalue weighted by Gasteiger charge is -2.36. The SMILES string of the molecule is CN(C)CC(c1ccc(C(F)(F)F)cc1)[C@H]1CCCC[C@@H]1O. The van der Waals surface area contributed by atoms with Crippen molar-refractivity contribution in [2.24, 2.45) is 5.92 Å². The molecule has 1 aromatic rings. The van der Waals surface area contributed by atoms with Gasteiger partial charge in [-0.2, -0.15) is 13.2 Å². The Morgan fingerprint density at radius 1 is 1.14 bits per heavy atom. The number of nitrogens with zero attached hydrogens (tertiary/aromatic N) is 1. The summed E-state index contributed by atoms with van der Waals surface area (Å²) in [7, 11) is 3.90. The van der Waals surface area contributed by atoms with E-state index in [0.717, 1.165) is 49.9 Å². The maximum atomic E-state index is 12.7. The molecule has 22 heavy (non-hydrogen) atoms. The lowest BCUT2D eigenvalue weighted by Crippen LogP contribution is -2.35. The van der Waals surface area contributed by atoms with Gasteiger partial charge >= 0.3 is 6.18 Å². The predicted molar refractivity (Wildman–Crippen MR) is 80.7 cm³/mol. The Morgan fingerprint density at radius 3 is 2.23 bits per heavy atom. The van der Waals surface area contributed by atoms with Gasteiger partial charge in [-0.15, -0.1) is 0 Å². The number of likely N-dealkylation sites (N-methyl/N-ethyl adjacent to an activating group) is 1. The minimum atomic E-state index is -4.31. The Bertz CT molecular complexity index is 470. The lowest BCUT2D eigenvalue weighted by atomic mass is 9.74. The fourth-order valence-corrected chi connectivity index (χ4v) is 3.41. The molecule has 0 radical (unpaired) electrons. The van der Waals surface area contributed by atoms with Crippen LogP contribution < -0.4 is 0 Å². The molecule has 1 aliphatic carbocycles. The van der Waals surface area contributed by atoms with Gasteiger partial charge < -0.3 is 10.0 Å². The number of hydrogen-bond donors (Lipinski definition) is 1. The standard InChI is InChI=1S/C17H24F3NO/c1-21(2)11-15(14-5-3-4-6-16(14)22)12-7-9-13(10-8-12)17(18,19)20/h7-10,14-16,22H,3-6,11H2,1-2H3/t14-,15?,16+/m1/s1. The van der Waals surface area contributed by atoms with Gasteiger partial charge in [-0.05, 0) is 50.6 Å². The molecule has 5 heteroatoms. The second-order valence-electron chi connectivity index (χ2n) is 6.50. The molecule has 2 nitrogen and oxygen atoms in total. The van der Waals surface area contributed by atoms with E-state index in [9.17, 15) is 18.3 Å². The van der Waals surface area contributed by atoms with Crippen LogP contribution in [-0.2, 0) is 6.18 Å². The average molecular weight is 315 g/mol. The van der Waals surface area contributed by atoms with Crippen molar-refractivity contribution in [3.63, 3.8) is 0 Å². The third-order valence-electron chi connectivity index (χ3n) is 4.53. The first-order valence-corrected chi connectivity index (χ1v) is 7.79. The number of alkyl halides is 3. The third-order valence-corrected chi connectivity index (χ3v) is 4.53. The number of aliphatic hydroxyl groups excluding tert-OH is 1. The molecule has 0 amide bonds. The largest absolute Gasteiger partial charge is 0.416 e. The van der Waals surface area contributed by atoms with E-state index < -0.39 is 11.7 Å². The molecule has 1 unspecified atom stereocenters. The van der Waals surface area contributed by atoms with Gasteiger partial charge in [-0.3, -0.25) is 0 Å². The molecule has 1 aliphatic rings. The van der Waals surface area contributed by atoms with E-state index in [1.165, 1.54) is 0 Å². The Morgan fingerprint density at radius 2 is 1.73 bits per heavy atom. The van der Waals surface area contributed by atoms with Crippen LogP contribution in [0.2, 0.25) is 0 Å². The van der Waals surface area contributed by atoms with Crippen LogP contribution in [0.15, 0.2) is 24.3 Å². The summed E-state index contributed by atoms with van der Waals surface area (Å²) in [6.45, 7) is 0.729. The van der Waals surface area contributed by atoms with Gasteiger partial charge in [0.1, 0.15) is 0 Å². The van der Waals surface area contributed by atoms with Crippen molar-refractivity contribution < 1.29 is 18.3 Å². The molecule has 1 N–H and O–H groups in total. The molecule has 0 saturated heterocycles. The Labute approximate surface area is 129 Å².